The number of phosphoric acid groups is 1. The van der Waals surface area contributed by atoms with Gasteiger partial charge in [-0.1, -0.05) is 24.3 Å². The van der Waals surface area contributed by atoms with E-state index >= 15 is 0 Å². The molecule has 2 aliphatic rings. The van der Waals surface area contributed by atoms with Crippen LogP contribution in [-0.2, 0) is 4.57 Å². The fourth-order valence-corrected chi connectivity index (χ4v) is 2.98. The van der Waals surface area contributed by atoms with Crippen molar-refractivity contribution in [2.75, 3.05) is 11.9 Å². The zero-order chi connectivity index (χ0) is 19.1. The number of ketones is 2. The van der Waals surface area contributed by atoms with Gasteiger partial charge in [-0.3, -0.25) is 9.59 Å². The van der Waals surface area contributed by atoms with Crippen molar-refractivity contribution < 1.29 is 28.8 Å². The second kappa shape index (κ2) is 6.78. The summed E-state index contributed by atoms with van der Waals surface area (Å²) < 4.78 is 8.88. The molecule has 0 aliphatic heterocycles. The number of hydrogen-bond donors (Lipinski definition) is 3. The Morgan fingerprint density at radius 2 is 1.35 bits per heavy atom. The molecule has 0 unspecified atom stereocenters. The topological polar surface area (TPSA) is 115 Å². The number of benzene rings is 2. The maximum Gasteiger partial charge on any atom is 0.466 e. The minimum Gasteiger partial charge on any atom is -0.372 e. The average Bonchev–Trinajstić information content (AvgIpc) is 3.42. The molecular formula is C18H18NO6P. The van der Waals surface area contributed by atoms with E-state index in [-0.39, 0.29) is 11.6 Å². The Hall–Kier alpha value is -2.31. The smallest absolute Gasteiger partial charge is 0.372 e. The van der Waals surface area contributed by atoms with E-state index in [0.29, 0.717) is 28.3 Å². The van der Waals surface area contributed by atoms with Crippen LogP contribution in [0.5, 0.6) is 0 Å². The fourth-order valence-electron chi connectivity index (χ4n) is 2.98. The predicted octanol–water partition coefficient (Wildman–Crippen LogP) is 2.13. The highest BCUT2D eigenvalue weighted by atomic mass is 31.2. The molecule has 4 rings (SSSR count). The third-order valence-corrected chi connectivity index (χ3v) is 4.41. The van der Waals surface area contributed by atoms with Crippen LogP contribution in [0.25, 0.3) is 0 Å². The summed E-state index contributed by atoms with van der Waals surface area (Å²) in [6, 6.07) is 13.2. The number of rotatable bonds is 2. The third kappa shape index (κ3) is 3.92. The second-order valence-electron chi connectivity index (χ2n) is 6.29. The number of carbonyl (C=O) groups excluding carboxylic acids is 2. The van der Waals surface area contributed by atoms with E-state index < -0.39 is 7.82 Å². The molecule has 1 saturated carbocycles. The molecule has 2 aromatic carbocycles. The molecule has 8 heteroatoms. The molecule has 0 heterocycles. The van der Waals surface area contributed by atoms with E-state index in [1.807, 2.05) is 19.2 Å². The second-order valence-corrected chi connectivity index (χ2v) is 7.32. The van der Waals surface area contributed by atoms with Crippen LogP contribution in [0.4, 0.5) is 5.69 Å². The van der Waals surface area contributed by atoms with Crippen LogP contribution in [0.15, 0.2) is 42.5 Å². The summed E-state index contributed by atoms with van der Waals surface area (Å²) in [7, 11) is -2.59. The van der Waals surface area contributed by atoms with Crippen molar-refractivity contribution in [2.45, 2.75) is 18.9 Å². The summed E-state index contributed by atoms with van der Waals surface area (Å²) in [5, 5.41) is 0. The SMILES string of the molecule is CN(c1ccc2c(c1)C(=O)c1ccccc1C2=O)C1CC1.O=P(O)(O)O. The van der Waals surface area contributed by atoms with Gasteiger partial charge in [0.25, 0.3) is 0 Å². The van der Waals surface area contributed by atoms with Crippen molar-refractivity contribution in [1.29, 1.82) is 0 Å². The first-order valence-corrected chi connectivity index (χ1v) is 9.57. The largest absolute Gasteiger partial charge is 0.466 e. The van der Waals surface area contributed by atoms with Gasteiger partial charge in [-0.15, -0.1) is 0 Å². The number of hydrogen-bond acceptors (Lipinski definition) is 4. The van der Waals surface area contributed by atoms with E-state index in [2.05, 4.69) is 4.90 Å². The third-order valence-electron chi connectivity index (χ3n) is 4.41. The summed E-state index contributed by atoms with van der Waals surface area (Å²) in [5.41, 5.74) is 3.09. The van der Waals surface area contributed by atoms with Crippen molar-refractivity contribution in [3.05, 3.63) is 64.7 Å². The van der Waals surface area contributed by atoms with Crippen molar-refractivity contribution in [2.24, 2.45) is 0 Å². The highest BCUT2D eigenvalue weighted by molar-refractivity contribution is 7.45. The fraction of sp³-hybridized carbons (Fsp3) is 0.222. The average molecular weight is 375 g/mol. The lowest BCUT2D eigenvalue weighted by Crippen LogP contribution is -2.23. The number of fused-ring (bicyclic) bond motifs is 2. The zero-order valence-corrected chi connectivity index (χ0v) is 14.9. The molecule has 26 heavy (non-hydrogen) atoms. The minimum absolute atomic E-state index is 0.0498. The molecule has 0 atom stereocenters. The summed E-state index contributed by atoms with van der Waals surface area (Å²) in [6.07, 6.45) is 2.40. The van der Waals surface area contributed by atoms with E-state index in [9.17, 15) is 9.59 Å². The Balaban J connectivity index is 0.000000349. The molecule has 3 N–H and O–H groups in total. The van der Waals surface area contributed by atoms with Gasteiger partial charge in [0.15, 0.2) is 11.6 Å². The molecule has 2 aliphatic carbocycles. The molecule has 0 radical (unpaired) electrons. The molecule has 2 aromatic rings. The van der Waals surface area contributed by atoms with Gasteiger partial charge >= 0.3 is 7.82 Å². The Labute approximate surface area is 150 Å². The lowest BCUT2D eigenvalue weighted by molar-refractivity contribution is 0.0979. The van der Waals surface area contributed by atoms with Crippen LogP contribution >= 0.6 is 7.82 Å². The molecule has 0 spiro atoms. The van der Waals surface area contributed by atoms with Gasteiger partial charge in [-0.2, -0.15) is 0 Å². The minimum atomic E-state index is -4.64. The first-order chi connectivity index (χ1) is 12.2. The number of carbonyl (C=O) groups is 2. The van der Waals surface area contributed by atoms with Crippen molar-refractivity contribution in [3.63, 3.8) is 0 Å². The van der Waals surface area contributed by atoms with Gasteiger partial charge < -0.3 is 19.6 Å². The van der Waals surface area contributed by atoms with E-state index in [1.165, 1.54) is 12.8 Å². The van der Waals surface area contributed by atoms with Crippen LogP contribution in [0.1, 0.15) is 44.7 Å². The molecule has 0 saturated heterocycles. The summed E-state index contributed by atoms with van der Waals surface area (Å²) in [6.45, 7) is 0. The zero-order valence-electron chi connectivity index (χ0n) is 14.0. The highest BCUT2D eigenvalue weighted by Crippen LogP contribution is 2.34. The molecule has 0 aromatic heterocycles. The highest BCUT2D eigenvalue weighted by Gasteiger charge is 2.31. The van der Waals surface area contributed by atoms with Gasteiger partial charge in [0.1, 0.15) is 0 Å². The van der Waals surface area contributed by atoms with Crippen molar-refractivity contribution in [3.8, 4) is 0 Å². The molecular weight excluding hydrogens is 357 g/mol. The molecule has 136 valence electrons. The molecule has 1 fully saturated rings. The van der Waals surface area contributed by atoms with Gasteiger partial charge in [0.2, 0.25) is 0 Å². The molecule has 0 bridgehead atoms. The van der Waals surface area contributed by atoms with Gasteiger partial charge in [0.05, 0.1) is 0 Å². The van der Waals surface area contributed by atoms with Crippen LogP contribution in [0.3, 0.4) is 0 Å². The van der Waals surface area contributed by atoms with Crippen LogP contribution in [0, 0.1) is 0 Å². The van der Waals surface area contributed by atoms with Crippen LogP contribution < -0.4 is 4.90 Å². The lowest BCUT2D eigenvalue weighted by atomic mass is 9.84. The van der Waals surface area contributed by atoms with Gasteiger partial charge in [0, 0.05) is 41.0 Å². The van der Waals surface area contributed by atoms with Crippen molar-refractivity contribution >= 4 is 25.1 Å². The standard InChI is InChI=1S/C18H15NO2.H3O4P/c1-19(11-6-7-11)12-8-9-15-16(10-12)18(21)14-5-3-2-4-13(14)17(15)20;1-5(2,3)4/h2-5,8-11H,6-7H2,1H3;(H3,1,2,3,4). The van der Waals surface area contributed by atoms with E-state index in [4.69, 9.17) is 19.2 Å². The van der Waals surface area contributed by atoms with Crippen molar-refractivity contribution in [1.82, 2.24) is 0 Å². The number of nitrogens with zero attached hydrogens (tertiary/aromatic N) is 1. The van der Waals surface area contributed by atoms with Gasteiger partial charge in [-0.25, -0.2) is 4.57 Å². The maximum absolute atomic E-state index is 12.6. The predicted molar refractivity (Wildman–Crippen MR) is 95.4 cm³/mol. The number of anilines is 1. The Bertz CT molecular complexity index is 923. The monoisotopic (exact) mass is 375 g/mol. The maximum atomic E-state index is 12.6. The summed E-state index contributed by atoms with van der Waals surface area (Å²) in [4.78, 5) is 48.9. The van der Waals surface area contributed by atoms with Gasteiger partial charge in [-0.05, 0) is 31.0 Å². The summed E-state index contributed by atoms with van der Waals surface area (Å²) in [5.74, 6) is -0.105. The summed E-state index contributed by atoms with van der Waals surface area (Å²) >= 11 is 0. The van der Waals surface area contributed by atoms with E-state index in [0.717, 1.165) is 5.69 Å². The van der Waals surface area contributed by atoms with Crippen LogP contribution in [0.2, 0.25) is 0 Å². The Morgan fingerprint density at radius 3 is 1.85 bits per heavy atom. The molecule has 0 amide bonds. The Kier molecular flexibility index (Phi) is 4.82. The molecule has 7 nitrogen and oxygen atoms in total. The lowest BCUT2D eigenvalue weighted by Gasteiger charge is -2.22. The first-order valence-electron chi connectivity index (χ1n) is 8.00. The van der Waals surface area contributed by atoms with Crippen LogP contribution in [-0.4, -0.2) is 39.3 Å². The quantitative estimate of drug-likeness (QED) is 0.588. The Morgan fingerprint density at radius 1 is 0.885 bits per heavy atom. The van der Waals surface area contributed by atoms with E-state index in [1.54, 1.807) is 30.3 Å². The normalized spacial score (nSPS) is 15.5. The first kappa shape index (κ1) is 18.5.